The minimum atomic E-state index is -0.648. The summed E-state index contributed by atoms with van der Waals surface area (Å²) < 4.78 is 11.5. The van der Waals surface area contributed by atoms with E-state index in [1.165, 1.54) is 21.6 Å². The SMILES string of the molecule is CN(CC/C=C/C1=C(C(=O)OC(c2ccccc2)c2ccccc2)N2C(=O)[C@@H](N)[C@H]2SC1)C(=O)OC(C)(C)C. The molecule has 0 aliphatic carbocycles. The molecule has 2 aliphatic rings. The zero-order chi connectivity index (χ0) is 28.2. The van der Waals surface area contributed by atoms with Crippen molar-refractivity contribution in [2.45, 2.75) is 50.3 Å². The second-order valence-corrected chi connectivity index (χ2v) is 11.6. The first-order chi connectivity index (χ1) is 18.6. The molecule has 8 nitrogen and oxygen atoms in total. The van der Waals surface area contributed by atoms with E-state index in [1.807, 2.05) is 93.6 Å². The van der Waals surface area contributed by atoms with Crippen LogP contribution in [-0.2, 0) is 19.1 Å². The van der Waals surface area contributed by atoms with Crippen LogP contribution in [0.15, 0.2) is 84.1 Å². The van der Waals surface area contributed by atoms with E-state index < -0.39 is 29.8 Å². The third-order valence-corrected chi connectivity index (χ3v) is 7.64. The van der Waals surface area contributed by atoms with Crippen LogP contribution in [0.25, 0.3) is 0 Å². The largest absolute Gasteiger partial charge is 0.448 e. The van der Waals surface area contributed by atoms with E-state index in [1.54, 1.807) is 7.05 Å². The number of fused-ring (bicyclic) bond motifs is 1. The van der Waals surface area contributed by atoms with Gasteiger partial charge in [-0.3, -0.25) is 9.69 Å². The first-order valence-electron chi connectivity index (χ1n) is 12.9. The highest BCUT2D eigenvalue weighted by Gasteiger charge is 2.52. The number of benzene rings is 2. The van der Waals surface area contributed by atoms with Crippen molar-refractivity contribution >= 4 is 29.7 Å². The summed E-state index contributed by atoms with van der Waals surface area (Å²) in [5, 5.41) is -0.303. The molecule has 2 aromatic carbocycles. The van der Waals surface area contributed by atoms with E-state index >= 15 is 0 Å². The number of hydrogen-bond acceptors (Lipinski definition) is 7. The van der Waals surface area contributed by atoms with Gasteiger partial charge in [-0.15, -0.1) is 11.8 Å². The molecular weight excluding hydrogens is 514 g/mol. The van der Waals surface area contributed by atoms with Gasteiger partial charge in [-0.1, -0.05) is 72.8 Å². The average molecular weight is 550 g/mol. The predicted octanol–water partition coefficient (Wildman–Crippen LogP) is 4.63. The summed E-state index contributed by atoms with van der Waals surface area (Å²) >= 11 is 1.52. The number of allylic oxidation sites excluding steroid dienone is 1. The Hall–Kier alpha value is -3.56. The number of nitrogens with two attached hydrogens (primary N) is 1. The van der Waals surface area contributed by atoms with Crippen LogP contribution in [0.4, 0.5) is 4.79 Å². The van der Waals surface area contributed by atoms with Gasteiger partial charge in [-0.05, 0) is 43.9 Å². The number of amides is 2. The monoisotopic (exact) mass is 549 g/mol. The van der Waals surface area contributed by atoms with E-state index in [2.05, 4.69) is 0 Å². The summed E-state index contributed by atoms with van der Waals surface area (Å²) in [6.45, 7) is 5.90. The fourth-order valence-corrected chi connectivity index (χ4v) is 5.59. The lowest BCUT2D eigenvalue weighted by Crippen LogP contribution is -2.68. The Labute approximate surface area is 233 Å². The summed E-state index contributed by atoms with van der Waals surface area (Å²) in [5.74, 6) is -0.374. The van der Waals surface area contributed by atoms with Crippen LogP contribution in [0.2, 0.25) is 0 Å². The molecule has 0 aromatic heterocycles. The van der Waals surface area contributed by atoms with E-state index in [4.69, 9.17) is 15.2 Å². The van der Waals surface area contributed by atoms with Crippen LogP contribution in [0.3, 0.4) is 0 Å². The third-order valence-electron chi connectivity index (χ3n) is 6.32. The highest BCUT2D eigenvalue weighted by atomic mass is 32.2. The molecule has 206 valence electrons. The fourth-order valence-electron chi connectivity index (χ4n) is 4.33. The van der Waals surface area contributed by atoms with Crippen LogP contribution >= 0.6 is 11.8 Å². The molecule has 2 atom stereocenters. The molecule has 0 unspecified atom stereocenters. The second kappa shape index (κ2) is 12.1. The minimum absolute atomic E-state index is 0.221. The van der Waals surface area contributed by atoms with Gasteiger partial charge in [-0.25, -0.2) is 9.59 Å². The lowest BCUT2D eigenvalue weighted by molar-refractivity contribution is -0.153. The molecule has 1 saturated heterocycles. The number of rotatable bonds is 8. The number of nitrogens with zero attached hydrogens (tertiary/aromatic N) is 2. The molecule has 39 heavy (non-hydrogen) atoms. The first kappa shape index (κ1) is 28.4. The van der Waals surface area contributed by atoms with Crippen molar-refractivity contribution < 1.29 is 23.9 Å². The lowest BCUT2D eigenvalue weighted by Gasteiger charge is -2.48. The molecule has 4 rings (SSSR count). The zero-order valence-corrected chi connectivity index (χ0v) is 23.5. The van der Waals surface area contributed by atoms with Gasteiger partial charge in [0.25, 0.3) is 0 Å². The summed E-state index contributed by atoms with van der Waals surface area (Å²) in [7, 11) is 1.68. The van der Waals surface area contributed by atoms with Gasteiger partial charge in [0.1, 0.15) is 22.7 Å². The van der Waals surface area contributed by atoms with Gasteiger partial charge in [0, 0.05) is 19.3 Å². The van der Waals surface area contributed by atoms with E-state index in [0.717, 1.165) is 11.1 Å². The predicted molar refractivity (Wildman–Crippen MR) is 152 cm³/mol. The molecular formula is C30H35N3O5S. The number of carbonyl (C=O) groups is 3. The molecule has 2 aliphatic heterocycles. The second-order valence-electron chi connectivity index (χ2n) is 10.5. The van der Waals surface area contributed by atoms with Crippen molar-refractivity contribution in [2.24, 2.45) is 5.73 Å². The Balaban J connectivity index is 1.56. The summed E-state index contributed by atoms with van der Waals surface area (Å²) in [4.78, 5) is 41.7. The smallest absolute Gasteiger partial charge is 0.410 e. The van der Waals surface area contributed by atoms with Crippen molar-refractivity contribution in [1.29, 1.82) is 0 Å². The Bertz CT molecular complexity index is 1220. The van der Waals surface area contributed by atoms with E-state index in [9.17, 15) is 14.4 Å². The van der Waals surface area contributed by atoms with Crippen LogP contribution < -0.4 is 5.73 Å². The maximum atomic E-state index is 13.7. The highest BCUT2D eigenvalue weighted by Crippen LogP contribution is 2.41. The molecule has 0 bridgehead atoms. The summed E-state index contributed by atoms with van der Waals surface area (Å²) in [6, 6.07) is 18.4. The number of carbonyl (C=O) groups excluding carboxylic acids is 3. The number of thioether (sulfide) groups is 1. The van der Waals surface area contributed by atoms with Crippen molar-refractivity contribution in [3.63, 3.8) is 0 Å². The maximum Gasteiger partial charge on any atom is 0.410 e. The highest BCUT2D eigenvalue weighted by molar-refractivity contribution is 8.00. The summed E-state index contributed by atoms with van der Waals surface area (Å²) in [6.07, 6.45) is 3.22. The van der Waals surface area contributed by atoms with E-state index in [0.29, 0.717) is 24.3 Å². The Kier molecular flexibility index (Phi) is 8.82. The topological polar surface area (TPSA) is 102 Å². The molecule has 0 spiro atoms. The molecule has 2 amide bonds. The molecule has 9 heteroatoms. The average Bonchev–Trinajstić information content (AvgIpc) is 2.92. The Morgan fingerprint density at radius 3 is 2.26 bits per heavy atom. The zero-order valence-electron chi connectivity index (χ0n) is 22.7. The van der Waals surface area contributed by atoms with Crippen LogP contribution in [0.1, 0.15) is 44.4 Å². The van der Waals surface area contributed by atoms with Crippen molar-refractivity contribution in [3.8, 4) is 0 Å². The van der Waals surface area contributed by atoms with Crippen LogP contribution in [-0.4, -0.2) is 64.1 Å². The van der Waals surface area contributed by atoms with Crippen molar-refractivity contribution in [3.05, 3.63) is 95.2 Å². The number of ether oxygens (including phenoxy) is 2. The first-order valence-corrected chi connectivity index (χ1v) is 14.0. The van der Waals surface area contributed by atoms with Gasteiger partial charge < -0.3 is 20.1 Å². The number of hydrogen-bond donors (Lipinski definition) is 1. The Morgan fingerprint density at radius 1 is 1.10 bits per heavy atom. The van der Waals surface area contributed by atoms with Gasteiger partial charge in [-0.2, -0.15) is 0 Å². The van der Waals surface area contributed by atoms with Gasteiger partial charge in [0.15, 0.2) is 6.10 Å². The van der Waals surface area contributed by atoms with Gasteiger partial charge in [0.05, 0.1) is 0 Å². The molecule has 0 radical (unpaired) electrons. The lowest BCUT2D eigenvalue weighted by atomic mass is 10.0. The Morgan fingerprint density at radius 2 is 1.69 bits per heavy atom. The molecule has 1 fully saturated rings. The summed E-state index contributed by atoms with van der Waals surface area (Å²) in [5.41, 5.74) is 8.03. The number of β-lactam (4-membered cyclic amide) rings is 1. The third kappa shape index (κ3) is 6.72. The van der Waals surface area contributed by atoms with Crippen molar-refractivity contribution in [2.75, 3.05) is 19.3 Å². The van der Waals surface area contributed by atoms with Crippen LogP contribution in [0, 0.1) is 0 Å². The van der Waals surface area contributed by atoms with Gasteiger partial charge in [0.2, 0.25) is 5.91 Å². The standard InChI is InChI=1S/C30H35N3O5S/c1-30(2,3)38-29(36)32(4)18-12-11-17-22-19-39-27-23(31)26(34)33(27)24(22)28(35)37-25(20-13-7-5-8-14-20)21-15-9-6-10-16-21/h5-11,13-17,23,25,27H,12,18-19,31H2,1-4H3/b17-11+/t23-,27-/m1/s1. The van der Waals surface area contributed by atoms with Crippen LogP contribution in [0.5, 0.6) is 0 Å². The minimum Gasteiger partial charge on any atom is -0.448 e. The fraction of sp³-hybridized carbons (Fsp3) is 0.367. The quantitative estimate of drug-likeness (QED) is 0.378. The molecule has 2 aromatic rings. The molecule has 2 N–H and O–H groups in total. The molecule has 0 saturated carbocycles. The normalized spacial score (nSPS) is 19.1. The number of esters is 1. The maximum absolute atomic E-state index is 13.7. The van der Waals surface area contributed by atoms with E-state index in [-0.39, 0.29) is 17.0 Å². The van der Waals surface area contributed by atoms with Crippen molar-refractivity contribution in [1.82, 2.24) is 9.80 Å². The van der Waals surface area contributed by atoms with Gasteiger partial charge >= 0.3 is 12.1 Å². The molecule has 2 heterocycles.